The molecule has 1 aliphatic heterocycles. The molecular weight excluding hydrogens is 364 g/mol. The number of hydrogen-bond donors (Lipinski definition) is 1. The zero-order valence-electron chi connectivity index (χ0n) is 17.1. The van der Waals surface area contributed by atoms with Crippen molar-refractivity contribution in [2.45, 2.75) is 19.5 Å². The second-order valence-corrected chi connectivity index (χ2v) is 7.32. The number of para-hydroxylation sites is 1. The Kier molecular flexibility index (Phi) is 5.36. The fourth-order valence-corrected chi connectivity index (χ4v) is 3.92. The lowest BCUT2D eigenvalue weighted by Gasteiger charge is -2.27. The first kappa shape index (κ1) is 19.2. The van der Waals surface area contributed by atoms with Crippen molar-refractivity contribution in [3.8, 4) is 17.1 Å². The zero-order chi connectivity index (χ0) is 20.4. The van der Waals surface area contributed by atoms with Gasteiger partial charge in [-0.2, -0.15) is 0 Å². The molecule has 1 amide bonds. The molecule has 1 N–H and O–H groups in total. The standard InChI is InChI=1S/C23H26N4O2/c1-24-23(28)17-10-8-16(9-11-17)22-25-19-12-13-27(15-20(19)26(22)2)14-18-6-4-5-7-21(18)29-3/h4-11H,12-15H2,1-3H3,(H,24,28). The van der Waals surface area contributed by atoms with Gasteiger partial charge in [-0.3, -0.25) is 9.69 Å². The Morgan fingerprint density at radius 3 is 2.66 bits per heavy atom. The molecule has 0 unspecified atom stereocenters. The lowest BCUT2D eigenvalue weighted by atomic mass is 10.1. The van der Waals surface area contributed by atoms with Crippen LogP contribution in [0.3, 0.4) is 0 Å². The Labute approximate surface area is 171 Å². The van der Waals surface area contributed by atoms with Crippen LogP contribution in [0.4, 0.5) is 0 Å². The number of fused-ring (bicyclic) bond motifs is 1. The maximum Gasteiger partial charge on any atom is 0.251 e. The Bertz CT molecular complexity index is 1020. The van der Waals surface area contributed by atoms with E-state index < -0.39 is 0 Å². The van der Waals surface area contributed by atoms with Gasteiger partial charge in [-0.15, -0.1) is 0 Å². The highest BCUT2D eigenvalue weighted by atomic mass is 16.5. The van der Waals surface area contributed by atoms with Gasteiger partial charge in [0.05, 0.1) is 18.5 Å². The molecule has 0 spiro atoms. The molecule has 1 aliphatic rings. The summed E-state index contributed by atoms with van der Waals surface area (Å²) < 4.78 is 7.68. The molecule has 0 saturated heterocycles. The summed E-state index contributed by atoms with van der Waals surface area (Å²) in [4.78, 5) is 19.1. The molecule has 4 rings (SSSR count). The van der Waals surface area contributed by atoms with Crippen molar-refractivity contribution < 1.29 is 9.53 Å². The van der Waals surface area contributed by atoms with Crippen molar-refractivity contribution in [3.63, 3.8) is 0 Å². The Hall–Kier alpha value is -3.12. The molecule has 3 aromatic rings. The van der Waals surface area contributed by atoms with E-state index in [-0.39, 0.29) is 5.91 Å². The van der Waals surface area contributed by atoms with Gasteiger partial charge in [-0.25, -0.2) is 4.98 Å². The van der Waals surface area contributed by atoms with Crippen molar-refractivity contribution in [1.29, 1.82) is 0 Å². The number of nitrogens with one attached hydrogen (secondary N) is 1. The third-order valence-electron chi connectivity index (χ3n) is 5.55. The maximum atomic E-state index is 11.8. The molecule has 0 fully saturated rings. The first-order chi connectivity index (χ1) is 14.1. The molecule has 0 atom stereocenters. The van der Waals surface area contributed by atoms with Gasteiger partial charge in [0.2, 0.25) is 0 Å². The Morgan fingerprint density at radius 1 is 1.17 bits per heavy atom. The monoisotopic (exact) mass is 390 g/mol. The van der Waals surface area contributed by atoms with Crippen LogP contribution >= 0.6 is 0 Å². The molecule has 6 heteroatoms. The number of benzene rings is 2. The summed E-state index contributed by atoms with van der Waals surface area (Å²) in [6.07, 6.45) is 0.925. The van der Waals surface area contributed by atoms with Crippen LogP contribution < -0.4 is 10.1 Å². The van der Waals surface area contributed by atoms with Gasteiger partial charge in [-0.05, 0) is 18.2 Å². The molecule has 1 aromatic heterocycles. The highest BCUT2D eigenvalue weighted by molar-refractivity contribution is 5.94. The highest BCUT2D eigenvalue weighted by Gasteiger charge is 2.24. The normalized spacial score (nSPS) is 13.8. The summed E-state index contributed by atoms with van der Waals surface area (Å²) in [6.45, 7) is 2.68. The fourth-order valence-electron chi connectivity index (χ4n) is 3.92. The number of carbonyl (C=O) groups is 1. The SMILES string of the molecule is CNC(=O)c1ccc(-c2nc3c(n2C)CN(Cc2ccccc2OC)CC3)cc1. The topological polar surface area (TPSA) is 59.4 Å². The summed E-state index contributed by atoms with van der Waals surface area (Å²) in [6, 6.07) is 15.8. The van der Waals surface area contributed by atoms with E-state index >= 15 is 0 Å². The number of aromatic nitrogens is 2. The minimum atomic E-state index is -0.0809. The molecule has 0 aliphatic carbocycles. The summed E-state index contributed by atoms with van der Waals surface area (Å²) in [5, 5.41) is 2.65. The number of amides is 1. The van der Waals surface area contributed by atoms with Crippen molar-refractivity contribution in [2.75, 3.05) is 20.7 Å². The second kappa shape index (κ2) is 8.09. The van der Waals surface area contributed by atoms with E-state index in [1.165, 1.54) is 11.3 Å². The molecule has 2 aromatic carbocycles. The summed E-state index contributed by atoms with van der Waals surface area (Å²) in [7, 11) is 5.43. The molecule has 150 valence electrons. The van der Waals surface area contributed by atoms with Crippen LogP contribution in [0.25, 0.3) is 11.4 Å². The zero-order valence-corrected chi connectivity index (χ0v) is 17.1. The largest absolute Gasteiger partial charge is 0.496 e. The third kappa shape index (κ3) is 3.76. The lowest BCUT2D eigenvalue weighted by Crippen LogP contribution is -2.31. The van der Waals surface area contributed by atoms with E-state index in [1.54, 1.807) is 14.2 Å². The average Bonchev–Trinajstić information content (AvgIpc) is 3.09. The van der Waals surface area contributed by atoms with Crippen LogP contribution in [0.5, 0.6) is 5.75 Å². The first-order valence-corrected chi connectivity index (χ1v) is 9.82. The predicted molar refractivity (Wildman–Crippen MR) is 113 cm³/mol. The second-order valence-electron chi connectivity index (χ2n) is 7.32. The van der Waals surface area contributed by atoms with Gasteiger partial charge in [0.15, 0.2) is 0 Å². The van der Waals surface area contributed by atoms with Crippen molar-refractivity contribution in [3.05, 3.63) is 71.0 Å². The van der Waals surface area contributed by atoms with E-state index in [9.17, 15) is 4.79 Å². The van der Waals surface area contributed by atoms with E-state index in [1.807, 2.05) is 36.4 Å². The van der Waals surface area contributed by atoms with Gasteiger partial charge in [0.25, 0.3) is 5.91 Å². The van der Waals surface area contributed by atoms with Gasteiger partial charge in [-0.1, -0.05) is 30.3 Å². The van der Waals surface area contributed by atoms with Crippen molar-refractivity contribution in [2.24, 2.45) is 7.05 Å². The van der Waals surface area contributed by atoms with Gasteiger partial charge < -0.3 is 14.6 Å². The highest BCUT2D eigenvalue weighted by Crippen LogP contribution is 2.28. The van der Waals surface area contributed by atoms with Crippen LogP contribution in [0.15, 0.2) is 48.5 Å². The van der Waals surface area contributed by atoms with Crippen LogP contribution in [0, 0.1) is 0 Å². The van der Waals surface area contributed by atoms with Crippen molar-refractivity contribution >= 4 is 5.91 Å². The van der Waals surface area contributed by atoms with E-state index in [2.05, 4.69) is 34.0 Å². The number of imidazole rings is 1. The van der Waals surface area contributed by atoms with Gasteiger partial charge >= 0.3 is 0 Å². The van der Waals surface area contributed by atoms with Gasteiger partial charge in [0, 0.05) is 56.8 Å². The van der Waals surface area contributed by atoms with Gasteiger partial charge in [0.1, 0.15) is 11.6 Å². The number of methoxy groups -OCH3 is 1. The minimum Gasteiger partial charge on any atom is -0.496 e. The maximum absolute atomic E-state index is 11.8. The van der Waals surface area contributed by atoms with Crippen LogP contribution in [0.2, 0.25) is 0 Å². The Morgan fingerprint density at radius 2 is 1.93 bits per heavy atom. The number of hydrogen-bond acceptors (Lipinski definition) is 4. The van der Waals surface area contributed by atoms with Crippen LogP contribution in [0.1, 0.15) is 27.3 Å². The number of nitrogens with zero attached hydrogens (tertiary/aromatic N) is 3. The first-order valence-electron chi connectivity index (χ1n) is 9.82. The summed E-state index contributed by atoms with van der Waals surface area (Å²) in [5.74, 6) is 1.79. The number of rotatable bonds is 5. The molecule has 29 heavy (non-hydrogen) atoms. The molecular formula is C23H26N4O2. The lowest BCUT2D eigenvalue weighted by molar-refractivity contribution is 0.0963. The van der Waals surface area contributed by atoms with E-state index in [0.29, 0.717) is 5.56 Å². The summed E-state index contributed by atoms with van der Waals surface area (Å²) in [5.41, 5.74) is 5.28. The number of ether oxygens (including phenoxy) is 1. The summed E-state index contributed by atoms with van der Waals surface area (Å²) >= 11 is 0. The molecule has 0 radical (unpaired) electrons. The van der Waals surface area contributed by atoms with Crippen LogP contribution in [-0.2, 0) is 26.6 Å². The Balaban J connectivity index is 1.55. The third-order valence-corrected chi connectivity index (χ3v) is 5.55. The molecule has 0 saturated carbocycles. The van der Waals surface area contributed by atoms with E-state index in [0.717, 1.165) is 48.9 Å². The molecule has 0 bridgehead atoms. The quantitative estimate of drug-likeness (QED) is 0.728. The smallest absolute Gasteiger partial charge is 0.251 e. The molecule has 6 nitrogen and oxygen atoms in total. The minimum absolute atomic E-state index is 0.0809. The predicted octanol–water partition coefficient (Wildman–Crippen LogP) is 3.01. The fraction of sp³-hybridized carbons (Fsp3) is 0.304. The van der Waals surface area contributed by atoms with Crippen molar-refractivity contribution in [1.82, 2.24) is 19.8 Å². The van der Waals surface area contributed by atoms with E-state index in [4.69, 9.17) is 9.72 Å². The number of carbonyl (C=O) groups excluding carboxylic acids is 1. The molecule has 2 heterocycles. The average molecular weight is 390 g/mol. The van der Waals surface area contributed by atoms with Crippen LogP contribution in [-0.4, -0.2) is 41.1 Å².